The van der Waals surface area contributed by atoms with Crippen LogP contribution in [0.1, 0.15) is 85.1 Å². The molecule has 54 heavy (non-hydrogen) atoms. The fourth-order valence-electron chi connectivity index (χ4n) is 6.17. The number of carbonyl (C=O) groups is 2. The Morgan fingerprint density at radius 3 is 2.48 bits per heavy atom. The summed E-state index contributed by atoms with van der Waals surface area (Å²) >= 11 is 0. The van der Waals surface area contributed by atoms with Crippen molar-refractivity contribution in [2.45, 2.75) is 141 Å². The molecule has 10 heteroatoms. The van der Waals surface area contributed by atoms with Gasteiger partial charge in [-0.3, -0.25) is 4.79 Å². The van der Waals surface area contributed by atoms with Crippen LogP contribution in [0.3, 0.4) is 0 Å². The number of ether oxygens (including phenoxy) is 5. The van der Waals surface area contributed by atoms with Gasteiger partial charge in [0.2, 0.25) is 0 Å². The van der Waals surface area contributed by atoms with Crippen molar-refractivity contribution in [3.05, 3.63) is 90.1 Å². The lowest BCUT2D eigenvalue weighted by Crippen LogP contribution is -2.47. The van der Waals surface area contributed by atoms with Crippen LogP contribution in [0.2, 0.25) is 18.1 Å². The van der Waals surface area contributed by atoms with Crippen LogP contribution < -0.4 is 4.74 Å². The zero-order valence-corrected chi connectivity index (χ0v) is 35.1. The highest BCUT2D eigenvalue weighted by Crippen LogP contribution is 2.38. The number of benzene rings is 1. The molecule has 0 aliphatic carbocycles. The van der Waals surface area contributed by atoms with Gasteiger partial charge in [0.1, 0.15) is 11.5 Å². The van der Waals surface area contributed by atoms with Crippen LogP contribution >= 0.6 is 0 Å². The first-order valence-corrected chi connectivity index (χ1v) is 22.3. The fraction of sp³-hybridized carbons (Fsp3) is 0.591. The van der Waals surface area contributed by atoms with Gasteiger partial charge in [-0.1, -0.05) is 94.0 Å². The van der Waals surface area contributed by atoms with E-state index in [-0.39, 0.29) is 59.6 Å². The molecule has 7 atom stereocenters. The van der Waals surface area contributed by atoms with E-state index in [0.717, 1.165) is 30.6 Å². The fourth-order valence-corrected chi connectivity index (χ4v) is 7.43. The molecule has 2 heterocycles. The molecule has 9 nitrogen and oxygen atoms in total. The van der Waals surface area contributed by atoms with Crippen molar-refractivity contribution in [1.82, 2.24) is 0 Å². The van der Waals surface area contributed by atoms with E-state index < -0.39 is 14.4 Å². The summed E-state index contributed by atoms with van der Waals surface area (Å²) in [4.78, 5) is 24.4. The molecule has 0 saturated heterocycles. The summed E-state index contributed by atoms with van der Waals surface area (Å²) in [6.07, 6.45) is 19.2. The van der Waals surface area contributed by atoms with Crippen LogP contribution in [0.25, 0.3) is 0 Å². The molecule has 0 unspecified atom stereocenters. The minimum Gasteiger partial charge on any atom is -0.497 e. The average molecular weight is 767 g/mol. The maximum absolute atomic E-state index is 13.0. The number of carbonyl (C=O) groups excluding carboxylic acids is 2. The van der Waals surface area contributed by atoms with Gasteiger partial charge in [-0.15, -0.1) is 0 Å². The molecule has 0 radical (unpaired) electrons. The Kier molecular flexibility index (Phi) is 18.8. The summed E-state index contributed by atoms with van der Waals surface area (Å²) in [6.45, 7) is 16.3. The summed E-state index contributed by atoms with van der Waals surface area (Å²) in [5, 5.41) is 10.9. The molecule has 0 saturated carbocycles. The highest BCUT2D eigenvalue weighted by molar-refractivity contribution is 6.74. The second kappa shape index (κ2) is 22.4. The Balaban J connectivity index is 1.66. The van der Waals surface area contributed by atoms with Crippen molar-refractivity contribution in [1.29, 1.82) is 0 Å². The van der Waals surface area contributed by atoms with Crippen LogP contribution in [0, 0.1) is 5.92 Å². The monoisotopic (exact) mass is 766 g/mol. The molecular formula is C44H66O9Si. The maximum Gasteiger partial charge on any atom is 0.330 e. The largest absolute Gasteiger partial charge is 0.497 e. The molecule has 0 bridgehead atoms. The molecule has 1 aromatic carbocycles. The number of esters is 1. The van der Waals surface area contributed by atoms with Gasteiger partial charge in [0.05, 0.1) is 64.1 Å². The number of hydrogen-bond donors (Lipinski definition) is 1. The van der Waals surface area contributed by atoms with Gasteiger partial charge in [-0.05, 0) is 80.8 Å². The van der Waals surface area contributed by atoms with Crippen LogP contribution in [0.4, 0.5) is 0 Å². The predicted octanol–water partition coefficient (Wildman–Crippen LogP) is 8.78. The zero-order valence-electron chi connectivity index (χ0n) is 34.1. The highest BCUT2D eigenvalue weighted by Gasteiger charge is 2.40. The molecule has 3 rings (SSSR count). The number of aliphatic hydroxyl groups excluding tert-OH is 1. The standard InChI is InChI=1S/C44H66O9Si/c1-32-25-26-50-39(28-32)23-24-42(53-54(8,9)44(3,4)5)41(51-31-34-19-21-37(48-6)22-20-34)17-10-13-35(45)30-36(46)27-33(2)29-40-16-11-14-38(52-40)15-12-18-43(47)49-7/h10-14,18-25,33,35,38-42,45H,15-17,26-31H2,1-9H3/b13-10+,18-12-,24-23+/t33-,35+,38-,39+,40-,41+,42-/m0/s1. The van der Waals surface area contributed by atoms with Crippen LogP contribution in [-0.4, -0.2) is 82.6 Å². The van der Waals surface area contributed by atoms with E-state index in [4.69, 9.17) is 23.4 Å². The van der Waals surface area contributed by atoms with Crippen LogP contribution in [0.15, 0.2) is 84.5 Å². The highest BCUT2D eigenvalue weighted by atomic mass is 28.4. The van der Waals surface area contributed by atoms with E-state index >= 15 is 0 Å². The van der Waals surface area contributed by atoms with Gasteiger partial charge >= 0.3 is 5.97 Å². The average Bonchev–Trinajstić information content (AvgIpc) is 3.11. The molecule has 0 aromatic heterocycles. The van der Waals surface area contributed by atoms with Crippen LogP contribution in [-0.2, 0) is 39.6 Å². The quantitative estimate of drug-likeness (QED) is 0.0569. The van der Waals surface area contributed by atoms with E-state index in [1.54, 1.807) is 19.3 Å². The molecule has 0 spiro atoms. The third-order valence-corrected chi connectivity index (χ3v) is 14.8. The molecule has 2 aliphatic rings. The lowest BCUT2D eigenvalue weighted by Gasteiger charge is -2.40. The predicted molar refractivity (Wildman–Crippen MR) is 217 cm³/mol. The lowest BCUT2D eigenvalue weighted by atomic mass is 9.93. The number of hydrogen-bond acceptors (Lipinski definition) is 9. The lowest BCUT2D eigenvalue weighted by molar-refractivity contribution is -0.134. The molecule has 300 valence electrons. The Bertz CT molecular complexity index is 1450. The maximum atomic E-state index is 13.0. The third kappa shape index (κ3) is 16.3. The van der Waals surface area contributed by atoms with Gasteiger partial charge in [0.15, 0.2) is 8.32 Å². The van der Waals surface area contributed by atoms with Crippen molar-refractivity contribution < 1.29 is 42.8 Å². The molecule has 2 aliphatic heterocycles. The number of rotatable bonds is 21. The Hall–Kier alpha value is -3.12. The van der Waals surface area contributed by atoms with E-state index in [0.29, 0.717) is 32.5 Å². The summed E-state index contributed by atoms with van der Waals surface area (Å²) in [5.41, 5.74) is 2.32. The van der Waals surface area contributed by atoms with Gasteiger partial charge in [0, 0.05) is 18.9 Å². The second-order valence-electron chi connectivity index (χ2n) is 16.2. The molecule has 0 fully saturated rings. The van der Waals surface area contributed by atoms with Crippen LogP contribution in [0.5, 0.6) is 5.75 Å². The minimum absolute atomic E-state index is 0.00491. The first-order valence-electron chi connectivity index (χ1n) is 19.4. The Morgan fingerprint density at radius 1 is 1.07 bits per heavy atom. The van der Waals surface area contributed by atoms with E-state index in [1.165, 1.54) is 18.8 Å². The van der Waals surface area contributed by atoms with Gasteiger partial charge in [-0.2, -0.15) is 0 Å². The van der Waals surface area contributed by atoms with Gasteiger partial charge in [-0.25, -0.2) is 4.79 Å². The van der Waals surface area contributed by atoms with Crippen molar-refractivity contribution in [3.63, 3.8) is 0 Å². The number of Topliss-reactive ketones (excluding diaryl/α,β-unsaturated/α-hetero) is 1. The number of methoxy groups -OCH3 is 2. The summed E-state index contributed by atoms with van der Waals surface area (Å²) in [6, 6.07) is 7.83. The topological polar surface area (TPSA) is 110 Å². The summed E-state index contributed by atoms with van der Waals surface area (Å²) < 4.78 is 35.8. The van der Waals surface area contributed by atoms with Crippen molar-refractivity contribution in [3.8, 4) is 5.75 Å². The zero-order chi connectivity index (χ0) is 39.7. The molecule has 1 N–H and O–H groups in total. The normalized spacial score (nSPS) is 22.0. The minimum atomic E-state index is -2.23. The second-order valence-corrected chi connectivity index (χ2v) is 20.9. The van der Waals surface area contributed by atoms with E-state index in [9.17, 15) is 14.7 Å². The first-order chi connectivity index (χ1) is 25.6. The number of aliphatic hydroxyl groups is 1. The SMILES string of the molecule is COC(=O)/C=C\C[C@@H]1C=CC[C@@H](C[C@@H](C)CC(=O)C[C@H](O)/C=C/C[C@@H](OCc2ccc(OC)cc2)[C@H](/C=C/[C@@H]2CC(C)=CCO2)O[Si](C)(C)C(C)(C)C)O1. The molecular weight excluding hydrogens is 701 g/mol. The van der Waals surface area contributed by atoms with E-state index in [2.05, 4.69) is 69.8 Å². The molecule has 0 amide bonds. The summed E-state index contributed by atoms with van der Waals surface area (Å²) in [7, 11) is 0.765. The summed E-state index contributed by atoms with van der Waals surface area (Å²) in [5.74, 6) is 0.498. The van der Waals surface area contributed by atoms with E-state index in [1.807, 2.05) is 43.3 Å². The first kappa shape index (κ1) is 45.3. The van der Waals surface area contributed by atoms with Crippen molar-refractivity contribution in [2.24, 2.45) is 5.92 Å². The molecule has 1 aromatic rings. The van der Waals surface area contributed by atoms with Crippen molar-refractivity contribution in [2.75, 3.05) is 20.8 Å². The van der Waals surface area contributed by atoms with Crippen molar-refractivity contribution >= 4 is 20.1 Å². The third-order valence-electron chi connectivity index (χ3n) is 10.4. The Labute approximate surface area is 325 Å². The van der Waals surface area contributed by atoms with Gasteiger partial charge in [0.25, 0.3) is 0 Å². The van der Waals surface area contributed by atoms with Gasteiger partial charge < -0.3 is 33.2 Å². The Morgan fingerprint density at radius 2 is 1.81 bits per heavy atom. The number of ketones is 1. The smallest absolute Gasteiger partial charge is 0.330 e.